The lowest BCUT2D eigenvalue weighted by molar-refractivity contribution is -0.137. The Morgan fingerprint density at radius 3 is 2.52 bits per heavy atom. The molecule has 146 valence electrons. The maximum absolute atomic E-state index is 13.5. The molecule has 1 aromatic heterocycles. The smallest absolute Gasteiger partial charge is 0.388 e. The number of hydrogen-bond donors (Lipinski definition) is 3. The van der Waals surface area contributed by atoms with Crippen LogP contribution in [0.3, 0.4) is 0 Å². The number of hydrogen-bond acceptors (Lipinski definition) is 5. The quantitative estimate of drug-likeness (QED) is 0.752. The molecule has 1 heterocycles. The molecule has 27 heavy (non-hydrogen) atoms. The number of nitrogens with zero attached hydrogens (tertiary/aromatic N) is 1. The maximum atomic E-state index is 13.5. The number of nitrogens with two attached hydrogens (primary N) is 1. The van der Waals surface area contributed by atoms with Crippen LogP contribution in [-0.4, -0.2) is 21.8 Å². The van der Waals surface area contributed by atoms with Gasteiger partial charge in [-0.2, -0.15) is 13.2 Å². The molecule has 2 saturated carbocycles. The van der Waals surface area contributed by atoms with E-state index in [1.165, 1.54) is 12.1 Å². The molecule has 0 spiro atoms. The lowest BCUT2D eigenvalue weighted by Crippen LogP contribution is -2.36. The van der Waals surface area contributed by atoms with Gasteiger partial charge in [0.05, 0.1) is 5.56 Å². The Bertz CT molecular complexity index is 910. The van der Waals surface area contributed by atoms with Gasteiger partial charge in [0.15, 0.2) is 0 Å². The van der Waals surface area contributed by atoms with Crippen LogP contribution in [0.1, 0.15) is 44.6 Å². The van der Waals surface area contributed by atoms with Crippen molar-refractivity contribution in [3.63, 3.8) is 0 Å². The summed E-state index contributed by atoms with van der Waals surface area (Å²) < 4.78 is 45.4. The second-order valence-electron chi connectivity index (χ2n) is 7.94. The van der Waals surface area contributed by atoms with Crippen molar-refractivity contribution in [2.75, 3.05) is 5.32 Å². The first-order chi connectivity index (χ1) is 12.6. The molecule has 0 radical (unpaired) electrons. The Balaban J connectivity index is 1.68. The van der Waals surface area contributed by atoms with E-state index in [2.05, 4.69) is 15.5 Å². The first kappa shape index (κ1) is 18.1. The number of H-pyrrole nitrogens is 1. The average molecular weight is 382 g/mol. The summed E-state index contributed by atoms with van der Waals surface area (Å²) in [5.74, 6) is -0.812. The Hall–Kier alpha value is -2.29. The van der Waals surface area contributed by atoms with Gasteiger partial charge >= 0.3 is 11.9 Å². The van der Waals surface area contributed by atoms with Crippen LogP contribution in [0.25, 0.3) is 11.5 Å². The maximum Gasteiger partial charge on any atom is 0.434 e. The zero-order chi connectivity index (χ0) is 19.4. The molecule has 4 N–H and O–H groups in total. The lowest BCUT2D eigenvalue weighted by atomic mass is 9.78. The Kier molecular flexibility index (Phi) is 3.92. The number of rotatable bonds is 4. The molecule has 1 aromatic carbocycles. The van der Waals surface area contributed by atoms with Crippen molar-refractivity contribution < 1.29 is 17.6 Å². The summed E-state index contributed by atoms with van der Waals surface area (Å²) in [5.41, 5.74) is 5.57. The Morgan fingerprint density at radius 1 is 1.30 bits per heavy atom. The minimum Gasteiger partial charge on any atom is -0.388 e. The zero-order valence-corrected chi connectivity index (χ0v) is 14.8. The number of anilines is 1. The molecular weight excluding hydrogens is 361 g/mol. The third-order valence-electron chi connectivity index (χ3n) is 6.25. The van der Waals surface area contributed by atoms with Crippen molar-refractivity contribution in [1.82, 2.24) is 10.2 Å². The molecule has 2 bridgehead atoms. The van der Waals surface area contributed by atoms with E-state index in [9.17, 15) is 18.0 Å². The lowest BCUT2D eigenvalue weighted by Gasteiger charge is -2.35. The summed E-state index contributed by atoms with van der Waals surface area (Å²) in [5, 5.41) is 8.88. The molecule has 2 aliphatic carbocycles. The summed E-state index contributed by atoms with van der Waals surface area (Å²) in [7, 11) is 0. The van der Waals surface area contributed by atoms with Crippen LogP contribution >= 0.6 is 0 Å². The van der Waals surface area contributed by atoms with Gasteiger partial charge in [0, 0.05) is 22.8 Å². The molecule has 6 nitrogen and oxygen atoms in total. The number of alkyl halides is 3. The minimum absolute atomic E-state index is 0.0473. The molecule has 2 fully saturated rings. The van der Waals surface area contributed by atoms with Crippen LogP contribution in [0.5, 0.6) is 0 Å². The first-order valence-corrected chi connectivity index (χ1v) is 8.93. The first-order valence-electron chi connectivity index (χ1n) is 8.93. The SMILES string of the molecule is CC(Nc1cc(-c2n[nH]c(=O)o2)ccc1C(F)(F)F)C12CCC(N)(CC1)C2. The third-order valence-corrected chi connectivity index (χ3v) is 6.25. The van der Waals surface area contributed by atoms with Crippen LogP contribution in [0.2, 0.25) is 0 Å². The van der Waals surface area contributed by atoms with Crippen LogP contribution in [0.15, 0.2) is 27.4 Å². The summed E-state index contributed by atoms with van der Waals surface area (Å²) >= 11 is 0. The van der Waals surface area contributed by atoms with Gasteiger partial charge in [0.2, 0.25) is 5.89 Å². The van der Waals surface area contributed by atoms with Crippen molar-refractivity contribution in [1.29, 1.82) is 0 Å². The molecule has 1 unspecified atom stereocenters. The van der Waals surface area contributed by atoms with Crippen molar-refractivity contribution in [3.8, 4) is 11.5 Å². The molecule has 0 amide bonds. The predicted molar refractivity (Wildman–Crippen MR) is 93.1 cm³/mol. The predicted octanol–water partition coefficient (Wildman–Crippen LogP) is 3.51. The molecule has 2 aromatic rings. The molecule has 2 aliphatic rings. The van der Waals surface area contributed by atoms with E-state index >= 15 is 0 Å². The van der Waals surface area contributed by atoms with Crippen LogP contribution in [0.4, 0.5) is 18.9 Å². The highest BCUT2D eigenvalue weighted by atomic mass is 19.4. The van der Waals surface area contributed by atoms with Crippen molar-refractivity contribution in [3.05, 3.63) is 34.3 Å². The normalized spacial score (nSPS) is 28.5. The standard InChI is InChI=1S/C18H21F3N4O2/c1-10(16-4-6-17(22,9-16)7-5-16)23-13-8-11(14-24-25-15(26)27-14)2-3-12(13)18(19,20)21/h2-3,8,10,23H,4-7,9,22H2,1H3,(H,25,26). The fourth-order valence-electron chi connectivity index (χ4n) is 4.67. The number of halogens is 3. The largest absolute Gasteiger partial charge is 0.434 e. The van der Waals surface area contributed by atoms with Crippen molar-refractivity contribution in [2.24, 2.45) is 11.1 Å². The van der Waals surface area contributed by atoms with Crippen LogP contribution in [0, 0.1) is 5.41 Å². The number of nitrogens with one attached hydrogen (secondary N) is 2. The van der Waals surface area contributed by atoms with E-state index in [0.29, 0.717) is 5.56 Å². The Labute approximate surface area is 153 Å². The van der Waals surface area contributed by atoms with Gasteiger partial charge < -0.3 is 15.5 Å². The minimum atomic E-state index is -4.51. The van der Waals surface area contributed by atoms with Crippen molar-refractivity contribution >= 4 is 5.69 Å². The second-order valence-corrected chi connectivity index (χ2v) is 7.94. The molecule has 0 saturated heterocycles. The van der Waals surface area contributed by atoms with E-state index in [1.54, 1.807) is 0 Å². The van der Waals surface area contributed by atoms with E-state index in [-0.39, 0.29) is 28.6 Å². The highest BCUT2D eigenvalue weighted by molar-refractivity contribution is 5.65. The van der Waals surface area contributed by atoms with Gasteiger partial charge in [-0.15, -0.1) is 5.10 Å². The van der Waals surface area contributed by atoms with Crippen molar-refractivity contribution in [2.45, 2.75) is 56.8 Å². The van der Waals surface area contributed by atoms with E-state index in [1.807, 2.05) is 6.92 Å². The Morgan fingerprint density at radius 2 is 2.00 bits per heavy atom. The van der Waals surface area contributed by atoms with Gasteiger partial charge in [-0.05, 0) is 62.6 Å². The third kappa shape index (κ3) is 3.13. The molecule has 9 heteroatoms. The summed E-state index contributed by atoms with van der Waals surface area (Å²) in [6.07, 6.45) is -0.0514. The molecule has 1 atom stereocenters. The van der Waals surface area contributed by atoms with E-state index in [0.717, 1.165) is 38.2 Å². The fraction of sp³-hybridized carbons (Fsp3) is 0.556. The summed E-state index contributed by atoms with van der Waals surface area (Å²) in [4.78, 5) is 11.2. The molecule has 0 aliphatic heterocycles. The van der Waals surface area contributed by atoms with E-state index < -0.39 is 17.5 Å². The highest BCUT2D eigenvalue weighted by Gasteiger charge is 2.54. The van der Waals surface area contributed by atoms with Gasteiger partial charge in [-0.3, -0.25) is 0 Å². The monoisotopic (exact) mass is 382 g/mol. The van der Waals surface area contributed by atoms with Gasteiger partial charge in [0.25, 0.3) is 0 Å². The van der Waals surface area contributed by atoms with Gasteiger partial charge in [-0.25, -0.2) is 9.89 Å². The number of benzene rings is 1. The van der Waals surface area contributed by atoms with Gasteiger partial charge in [0.1, 0.15) is 0 Å². The van der Waals surface area contributed by atoms with E-state index in [4.69, 9.17) is 10.2 Å². The number of aromatic nitrogens is 2. The second kappa shape index (κ2) is 5.85. The number of fused-ring (bicyclic) bond motifs is 2. The summed E-state index contributed by atoms with van der Waals surface area (Å²) in [6, 6.07) is 3.38. The fourth-order valence-corrected chi connectivity index (χ4v) is 4.67. The van der Waals surface area contributed by atoms with Crippen LogP contribution < -0.4 is 16.8 Å². The highest BCUT2D eigenvalue weighted by Crippen LogP contribution is 2.57. The molecule has 4 rings (SSSR count). The number of aromatic amines is 1. The molecular formula is C18H21F3N4O2. The average Bonchev–Trinajstić information content (AvgIpc) is 3.26. The summed E-state index contributed by atoms with van der Waals surface area (Å²) in [6.45, 7) is 1.92. The topological polar surface area (TPSA) is 96.9 Å². The zero-order valence-electron chi connectivity index (χ0n) is 14.8. The van der Waals surface area contributed by atoms with Gasteiger partial charge in [-0.1, -0.05) is 0 Å². The van der Waals surface area contributed by atoms with Crippen LogP contribution in [-0.2, 0) is 6.18 Å².